The summed E-state index contributed by atoms with van der Waals surface area (Å²) < 4.78 is 0. The van der Waals surface area contributed by atoms with Crippen molar-refractivity contribution in [3.8, 4) is 0 Å². The fourth-order valence-electron chi connectivity index (χ4n) is 2.86. The van der Waals surface area contributed by atoms with Gasteiger partial charge in [0.15, 0.2) is 10.8 Å². The molecular formula is C15H16N5NaO5S3. The van der Waals surface area contributed by atoms with E-state index >= 15 is 0 Å². The molecule has 1 unspecified atom stereocenters. The molecule has 2 aliphatic rings. The number of anilines is 1. The molecule has 0 radical (unpaired) electrons. The van der Waals surface area contributed by atoms with Crippen molar-refractivity contribution in [2.75, 3.05) is 30.6 Å². The van der Waals surface area contributed by atoms with E-state index in [2.05, 4.69) is 15.5 Å². The number of amides is 2. The first-order valence-electron chi connectivity index (χ1n) is 7.89. The number of carbonyl (C=O) groups is 3. The Labute approximate surface area is 201 Å². The molecule has 3 heterocycles. The third-order valence-electron chi connectivity index (χ3n) is 4.01. The molecular weight excluding hydrogens is 449 g/mol. The molecule has 0 aliphatic carbocycles. The molecule has 0 spiro atoms. The van der Waals surface area contributed by atoms with E-state index in [1.165, 1.54) is 35.5 Å². The average molecular weight is 466 g/mol. The van der Waals surface area contributed by atoms with E-state index in [0.717, 1.165) is 11.3 Å². The van der Waals surface area contributed by atoms with E-state index in [1.54, 1.807) is 5.38 Å². The fraction of sp³-hybridized carbons (Fsp3) is 0.400. The van der Waals surface area contributed by atoms with Gasteiger partial charge in [-0.05, 0) is 11.8 Å². The molecule has 0 saturated carbocycles. The molecule has 0 bridgehead atoms. The van der Waals surface area contributed by atoms with Gasteiger partial charge in [-0.25, -0.2) is 4.98 Å². The average Bonchev–Trinajstić information content (AvgIpc) is 3.09. The molecule has 0 aromatic carbocycles. The predicted molar refractivity (Wildman–Crippen MR) is 106 cm³/mol. The number of carboxylic acids is 1. The zero-order chi connectivity index (χ0) is 20.4. The number of hydrogen-bond acceptors (Lipinski definition) is 11. The van der Waals surface area contributed by atoms with Gasteiger partial charge in [0, 0.05) is 16.9 Å². The van der Waals surface area contributed by atoms with Crippen LogP contribution in [-0.2, 0) is 19.2 Å². The number of nitrogens with two attached hydrogens (primary N) is 1. The van der Waals surface area contributed by atoms with Gasteiger partial charge in [0.1, 0.15) is 24.2 Å². The molecule has 3 rings (SSSR count). The summed E-state index contributed by atoms with van der Waals surface area (Å²) in [4.78, 5) is 46.6. The SMILES string of the molecule is CON=C(C(=O)NC1C(=O)N2C(C(=O)[O-])=C(CSC)CS[C@@H]12)c1csc(N)n1.[Na+]. The van der Waals surface area contributed by atoms with Crippen molar-refractivity contribution in [1.82, 2.24) is 15.2 Å². The van der Waals surface area contributed by atoms with Crippen molar-refractivity contribution in [2.24, 2.45) is 5.16 Å². The van der Waals surface area contributed by atoms with Crippen LogP contribution in [0.5, 0.6) is 0 Å². The van der Waals surface area contributed by atoms with Crippen molar-refractivity contribution < 1.29 is 53.9 Å². The number of thiazole rings is 1. The van der Waals surface area contributed by atoms with Crippen LogP contribution in [0.15, 0.2) is 21.8 Å². The van der Waals surface area contributed by atoms with Crippen molar-refractivity contribution in [3.05, 3.63) is 22.3 Å². The van der Waals surface area contributed by atoms with Crippen LogP contribution in [0.25, 0.3) is 0 Å². The van der Waals surface area contributed by atoms with Gasteiger partial charge in [-0.15, -0.1) is 23.1 Å². The number of aliphatic carboxylic acids is 1. The number of carboxylic acid groups (broad SMARTS) is 1. The molecule has 2 atom stereocenters. The first kappa shape index (κ1) is 24.0. The first-order chi connectivity index (χ1) is 13.4. The Bertz CT molecular complexity index is 889. The fourth-order valence-corrected chi connectivity index (χ4v) is 5.47. The molecule has 14 heteroatoms. The second kappa shape index (κ2) is 10.2. The predicted octanol–water partition coefficient (Wildman–Crippen LogP) is -4.15. The van der Waals surface area contributed by atoms with Crippen LogP contribution in [-0.4, -0.2) is 69.7 Å². The van der Waals surface area contributed by atoms with Crippen LogP contribution in [0.1, 0.15) is 5.69 Å². The van der Waals surface area contributed by atoms with Gasteiger partial charge in [0.25, 0.3) is 11.8 Å². The van der Waals surface area contributed by atoms with Crippen molar-refractivity contribution in [1.29, 1.82) is 0 Å². The number of hydrogen-bond donors (Lipinski definition) is 2. The minimum atomic E-state index is -1.40. The summed E-state index contributed by atoms with van der Waals surface area (Å²) in [5.74, 6) is -1.66. The number of fused-ring (bicyclic) bond motifs is 1. The summed E-state index contributed by atoms with van der Waals surface area (Å²) in [6.45, 7) is 0. The number of β-lactam (4-membered cyclic amide) rings is 1. The van der Waals surface area contributed by atoms with Crippen LogP contribution in [0.4, 0.5) is 5.13 Å². The Morgan fingerprint density at radius 3 is 2.83 bits per heavy atom. The normalized spacial score (nSPS) is 21.1. The van der Waals surface area contributed by atoms with Gasteiger partial charge in [0.2, 0.25) is 0 Å². The minimum absolute atomic E-state index is 0. The van der Waals surface area contributed by atoms with Gasteiger partial charge in [-0.2, -0.15) is 11.8 Å². The maximum atomic E-state index is 12.6. The second-order valence-electron chi connectivity index (χ2n) is 5.73. The molecule has 3 N–H and O–H groups in total. The monoisotopic (exact) mass is 465 g/mol. The van der Waals surface area contributed by atoms with E-state index in [4.69, 9.17) is 10.6 Å². The zero-order valence-corrected chi connectivity index (χ0v) is 20.3. The van der Waals surface area contributed by atoms with Crippen LogP contribution in [0.2, 0.25) is 0 Å². The molecule has 2 aliphatic heterocycles. The molecule has 1 aromatic heterocycles. The molecule has 150 valence electrons. The van der Waals surface area contributed by atoms with Gasteiger partial charge >= 0.3 is 29.6 Å². The van der Waals surface area contributed by atoms with Gasteiger partial charge < -0.3 is 25.8 Å². The number of carbonyl (C=O) groups excluding carboxylic acids is 3. The van der Waals surface area contributed by atoms with E-state index in [-0.39, 0.29) is 51.8 Å². The Balaban J connectivity index is 0.00000300. The summed E-state index contributed by atoms with van der Waals surface area (Å²) >= 11 is 3.98. The van der Waals surface area contributed by atoms with E-state index in [1.807, 2.05) is 6.26 Å². The maximum Gasteiger partial charge on any atom is 1.00 e. The largest absolute Gasteiger partial charge is 1.00 e. The Morgan fingerprint density at radius 2 is 2.28 bits per heavy atom. The Morgan fingerprint density at radius 1 is 1.55 bits per heavy atom. The van der Waals surface area contributed by atoms with E-state index in [0.29, 0.717) is 17.1 Å². The zero-order valence-electron chi connectivity index (χ0n) is 15.8. The number of aromatic nitrogens is 1. The van der Waals surface area contributed by atoms with Crippen LogP contribution in [0.3, 0.4) is 0 Å². The first-order valence-corrected chi connectivity index (χ1v) is 11.2. The number of thioether (sulfide) groups is 2. The van der Waals surface area contributed by atoms with Crippen LogP contribution >= 0.6 is 34.9 Å². The standard InChI is InChI=1S/C15H17N5O5S3.Na/c1-25-19-8(7-5-28-15(16)17-7)11(21)18-9-12(22)20-10(14(23)24)6(3-26-2)4-27-13(9)20;/h5,9,13H,3-4H2,1-2H3,(H2,16,17)(H,18,21)(H,23,24);/q;+1/p-1/t9?,13-;/m0./s1. The number of nitrogen functional groups attached to an aromatic ring is 1. The molecule has 1 saturated heterocycles. The van der Waals surface area contributed by atoms with Crippen LogP contribution in [0, 0.1) is 0 Å². The second-order valence-corrected chi connectivity index (χ2v) is 8.59. The summed E-state index contributed by atoms with van der Waals surface area (Å²) in [6, 6.07) is -0.888. The van der Waals surface area contributed by atoms with Gasteiger partial charge in [-0.1, -0.05) is 5.16 Å². The molecule has 2 amide bonds. The molecule has 1 fully saturated rings. The van der Waals surface area contributed by atoms with E-state index < -0.39 is 29.2 Å². The third-order valence-corrected chi connectivity index (χ3v) is 6.66. The van der Waals surface area contributed by atoms with Crippen molar-refractivity contribution in [2.45, 2.75) is 11.4 Å². The molecule has 10 nitrogen and oxygen atoms in total. The van der Waals surface area contributed by atoms with Crippen molar-refractivity contribution >= 4 is 63.5 Å². The van der Waals surface area contributed by atoms with Crippen molar-refractivity contribution in [3.63, 3.8) is 0 Å². The summed E-state index contributed by atoms with van der Waals surface area (Å²) in [5.41, 5.74) is 6.21. The molecule has 1 aromatic rings. The van der Waals surface area contributed by atoms with Gasteiger partial charge in [-0.3, -0.25) is 14.5 Å². The Hall–Kier alpha value is -1.25. The smallest absolute Gasteiger partial charge is 0.543 e. The quantitative estimate of drug-likeness (QED) is 0.177. The third kappa shape index (κ3) is 4.75. The summed E-state index contributed by atoms with van der Waals surface area (Å²) in [6.07, 6.45) is 1.85. The van der Waals surface area contributed by atoms with Crippen LogP contribution < -0.4 is 45.7 Å². The number of rotatable bonds is 7. The summed E-state index contributed by atoms with van der Waals surface area (Å²) in [7, 11) is 1.28. The number of nitrogens with zero attached hydrogens (tertiary/aromatic N) is 3. The number of oxime groups is 1. The Kier molecular flexibility index (Phi) is 8.43. The number of nitrogens with one attached hydrogen (secondary N) is 1. The summed E-state index contributed by atoms with van der Waals surface area (Å²) in [5, 5.41) is 19.1. The molecule has 29 heavy (non-hydrogen) atoms. The maximum absolute atomic E-state index is 12.6. The van der Waals surface area contributed by atoms with Gasteiger partial charge in [0.05, 0.1) is 11.7 Å². The van der Waals surface area contributed by atoms with E-state index in [9.17, 15) is 19.5 Å². The topological polar surface area (TPSA) is 150 Å². The minimum Gasteiger partial charge on any atom is -0.543 e.